The van der Waals surface area contributed by atoms with E-state index in [0.29, 0.717) is 15.9 Å². The highest BCUT2D eigenvalue weighted by molar-refractivity contribution is 7.99. The van der Waals surface area contributed by atoms with Crippen molar-refractivity contribution in [1.29, 1.82) is 0 Å². The standard InChI is InChI=1S/C13H11N3OS/c1-8-6-9(14)12(15-7-8)18-13-16-10-4-2-3-5-11(10)17-13/h2-7H,14H2,1H3. The average Bonchev–Trinajstić information content (AvgIpc) is 2.75. The molecule has 0 aliphatic carbocycles. The van der Waals surface area contributed by atoms with E-state index >= 15 is 0 Å². The van der Waals surface area contributed by atoms with E-state index in [1.54, 1.807) is 6.20 Å². The van der Waals surface area contributed by atoms with Gasteiger partial charge in [0.2, 0.25) is 0 Å². The number of nitrogen functional groups attached to an aromatic ring is 1. The highest BCUT2D eigenvalue weighted by Crippen LogP contribution is 2.31. The van der Waals surface area contributed by atoms with Crippen LogP contribution in [0.3, 0.4) is 0 Å². The van der Waals surface area contributed by atoms with Gasteiger partial charge in [0.05, 0.1) is 5.69 Å². The number of nitrogens with two attached hydrogens (primary N) is 1. The predicted molar refractivity (Wildman–Crippen MR) is 71.5 cm³/mol. The van der Waals surface area contributed by atoms with E-state index in [-0.39, 0.29) is 0 Å². The van der Waals surface area contributed by atoms with Gasteiger partial charge < -0.3 is 10.2 Å². The van der Waals surface area contributed by atoms with E-state index in [2.05, 4.69) is 9.97 Å². The highest BCUT2D eigenvalue weighted by atomic mass is 32.2. The normalized spacial score (nSPS) is 10.9. The Hall–Kier alpha value is -2.01. The number of hydrogen-bond donors (Lipinski definition) is 1. The molecule has 4 nitrogen and oxygen atoms in total. The zero-order valence-corrected chi connectivity index (χ0v) is 10.6. The largest absolute Gasteiger partial charge is 0.431 e. The molecule has 0 radical (unpaired) electrons. The number of para-hydroxylation sites is 2. The molecule has 5 heteroatoms. The fourth-order valence-corrected chi connectivity index (χ4v) is 2.36. The smallest absolute Gasteiger partial charge is 0.263 e. The number of fused-ring (bicyclic) bond motifs is 1. The van der Waals surface area contributed by atoms with E-state index in [1.165, 1.54) is 11.8 Å². The molecule has 90 valence electrons. The van der Waals surface area contributed by atoms with Gasteiger partial charge in [0.25, 0.3) is 5.22 Å². The number of aromatic nitrogens is 2. The number of hydrogen-bond acceptors (Lipinski definition) is 5. The van der Waals surface area contributed by atoms with Crippen LogP contribution in [0.2, 0.25) is 0 Å². The Morgan fingerprint density at radius 2 is 2.11 bits per heavy atom. The molecular weight excluding hydrogens is 246 g/mol. The lowest BCUT2D eigenvalue weighted by Crippen LogP contribution is -1.92. The van der Waals surface area contributed by atoms with Gasteiger partial charge in [0, 0.05) is 6.20 Å². The minimum absolute atomic E-state index is 0.555. The molecule has 0 bridgehead atoms. The first-order valence-electron chi connectivity index (χ1n) is 5.48. The molecule has 2 aromatic heterocycles. The summed E-state index contributed by atoms with van der Waals surface area (Å²) in [5.41, 5.74) is 9.20. The van der Waals surface area contributed by atoms with Gasteiger partial charge in [0.15, 0.2) is 5.58 Å². The SMILES string of the molecule is Cc1cnc(Sc2nc3ccccc3o2)c(N)c1. The Morgan fingerprint density at radius 1 is 1.28 bits per heavy atom. The first-order valence-corrected chi connectivity index (χ1v) is 6.29. The van der Waals surface area contributed by atoms with Gasteiger partial charge in [-0.3, -0.25) is 0 Å². The third-order valence-corrected chi connectivity index (χ3v) is 3.36. The summed E-state index contributed by atoms with van der Waals surface area (Å²) in [5, 5.41) is 1.27. The zero-order valence-electron chi connectivity index (χ0n) is 9.75. The summed E-state index contributed by atoms with van der Waals surface area (Å²) in [6, 6.07) is 9.53. The van der Waals surface area contributed by atoms with Gasteiger partial charge in [0.1, 0.15) is 10.5 Å². The Morgan fingerprint density at radius 3 is 2.89 bits per heavy atom. The zero-order chi connectivity index (χ0) is 12.5. The molecule has 2 heterocycles. The maximum Gasteiger partial charge on any atom is 0.263 e. The van der Waals surface area contributed by atoms with E-state index in [1.807, 2.05) is 37.3 Å². The molecule has 0 unspecified atom stereocenters. The van der Waals surface area contributed by atoms with Crippen LogP contribution in [0.5, 0.6) is 0 Å². The van der Waals surface area contributed by atoms with Crippen LogP contribution in [-0.4, -0.2) is 9.97 Å². The van der Waals surface area contributed by atoms with Crippen molar-refractivity contribution in [3.05, 3.63) is 42.1 Å². The summed E-state index contributed by atoms with van der Waals surface area (Å²) in [6.07, 6.45) is 1.78. The number of rotatable bonds is 2. The second-order valence-electron chi connectivity index (χ2n) is 3.96. The summed E-state index contributed by atoms with van der Waals surface area (Å²) in [5.74, 6) is 0. The third-order valence-electron chi connectivity index (χ3n) is 2.47. The maximum atomic E-state index is 5.91. The van der Waals surface area contributed by atoms with Gasteiger partial charge in [-0.25, -0.2) is 9.97 Å². The summed E-state index contributed by atoms with van der Waals surface area (Å²) in [7, 11) is 0. The van der Waals surface area contributed by atoms with Crippen LogP contribution in [0.1, 0.15) is 5.56 Å². The Labute approximate surface area is 108 Å². The number of aryl methyl sites for hydroxylation is 1. The predicted octanol–water partition coefficient (Wildman–Crippen LogP) is 3.26. The molecule has 0 aliphatic heterocycles. The monoisotopic (exact) mass is 257 g/mol. The first kappa shape index (κ1) is 11.1. The molecule has 3 aromatic rings. The van der Waals surface area contributed by atoms with Gasteiger partial charge in [-0.15, -0.1) is 0 Å². The molecule has 0 spiro atoms. The Kier molecular flexibility index (Phi) is 2.68. The number of oxazole rings is 1. The topological polar surface area (TPSA) is 64.9 Å². The first-order chi connectivity index (χ1) is 8.72. The molecular formula is C13H11N3OS. The molecule has 0 fully saturated rings. The van der Waals surface area contributed by atoms with Crippen molar-refractivity contribution < 1.29 is 4.42 Å². The second kappa shape index (κ2) is 4.34. The molecule has 0 amide bonds. The van der Waals surface area contributed by atoms with Gasteiger partial charge >= 0.3 is 0 Å². The third kappa shape index (κ3) is 2.04. The van der Waals surface area contributed by atoms with Gasteiger partial charge in [-0.2, -0.15) is 0 Å². The minimum Gasteiger partial charge on any atom is -0.431 e. The molecule has 0 saturated carbocycles. The van der Waals surface area contributed by atoms with Crippen LogP contribution in [-0.2, 0) is 0 Å². The molecule has 3 rings (SSSR count). The van der Waals surface area contributed by atoms with Gasteiger partial charge in [-0.1, -0.05) is 12.1 Å². The van der Waals surface area contributed by atoms with Crippen molar-refractivity contribution in [2.45, 2.75) is 17.2 Å². The fraction of sp³-hybridized carbons (Fsp3) is 0.0769. The van der Waals surface area contributed by atoms with Crippen molar-refractivity contribution in [2.24, 2.45) is 0 Å². The van der Waals surface area contributed by atoms with Crippen molar-refractivity contribution in [3.63, 3.8) is 0 Å². The molecule has 0 saturated heterocycles. The molecule has 0 aliphatic rings. The molecule has 1 aromatic carbocycles. The van der Waals surface area contributed by atoms with Crippen molar-refractivity contribution in [1.82, 2.24) is 9.97 Å². The van der Waals surface area contributed by atoms with Crippen LogP contribution in [0.15, 0.2) is 51.2 Å². The molecule has 2 N–H and O–H groups in total. The molecule has 0 atom stereocenters. The minimum atomic E-state index is 0.555. The van der Waals surface area contributed by atoms with Crippen LogP contribution in [0, 0.1) is 6.92 Å². The second-order valence-corrected chi connectivity index (χ2v) is 4.90. The van der Waals surface area contributed by atoms with Crippen molar-refractivity contribution in [3.8, 4) is 0 Å². The number of anilines is 1. The van der Waals surface area contributed by atoms with E-state index < -0.39 is 0 Å². The lowest BCUT2D eigenvalue weighted by molar-refractivity contribution is 0.489. The van der Waals surface area contributed by atoms with Crippen LogP contribution in [0.4, 0.5) is 5.69 Å². The average molecular weight is 257 g/mol. The maximum absolute atomic E-state index is 5.91. The van der Waals surface area contributed by atoms with Crippen LogP contribution < -0.4 is 5.73 Å². The Balaban J connectivity index is 1.96. The summed E-state index contributed by atoms with van der Waals surface area (Å²) in [4.78, 5) is 8.65. The summed E-state index contributed by atoms with van der Waals surface area (Å²) < 4.78 is 5.61. The summed E-state index contributed by atoms with van der Waals surface area (Å²) in [6.45, 7) is 1.96. The van der Waals surface area contributed by atoms with E-state index in [4.69, 9.17) is 10.2 Å². The van der Waals surface area contributed by atoms with Crippen LogP contribution in [0.25, 0.3) is 11.1 Å². The number of pyridine rings is 1. The number of benzene rings is 1. The van der Waals surface area contributed by atoms with E-state index in [0.717, 1.165) is 16.7 Å². The van der Waals surface area contributed by atoms with Crippen molar-refractivity contribution in [2.75, 3.05) is 5.73 Å². The highest BCUT2D eigenvalue weighted by Gasteiger charge is 2.10. The fourth-order valence-electron chi connectivity index (χ4n) is 1.64. The Bertz CT molecular complexity index is 675. The lowest BCUT2D eigenvalue weighted by Gasteiger charge is -2.01. The summed E-state index contributed by atoms with van der Waals surface area (Å²) >= 11 is 1.33. The quantitative estimate of drug-likeness (QED) is 0.763. The van der Waals surface area contributed by atoms with E-state index in [9.17, 15) is 0 Å². The molecule has 18 heavy (non-hydrogen) atoms. The van der Waals surface area contributed by atoms with Crippen molar-refractivity contribution >= 4 is 28.5 Å². The van der Waals surface area contributed by atoms with Crippen LogP contribution >= 0.6 is 11.8 Å². The lowest BCUT2D eigenvalue weighted by atomic mass is 10.3. The van der Waals surface area contributed by atoms with Gasteiger partial charge in [-0.05, 0) is 42.4 Å². The number of nitrogens with zero attached hydrogens (tertiary/aromatic N) is 2.